The molecule has 0 radical (unpaired) electrons. The first-order valence-corrected chi connectivity index (χ1v) is 23.6. The molecule has 5 aromatic rings. The Kier molecular flexibility index (Phi) is 16.0. The van der Waals surface area contributed by atoms with Gasteiger partial charge in [-0.3, -0.25) is 10.1 Å². The number of amides is 1. The average molecular weight is 992 g/mol. The second kappa shape index (κ2) is 22.3. The molecule has 3 aromatic carbocycles. The van der Waals surface area contributed by atoms with Crippen LogP contribution < -0.4 is 35.4 Å². The minimum atomic E-state index is -1.42. The van der Waals surface area contributed by atoms with Gasteiger partial charge in [0.15, 0.2) is 12.3 Å². The van der Waals surface area contributed by atoms with Crippen molar-refractivity contribution in [3.63, 3.8) is 0 Å². The van der Waals surface area contributed by atoms with Gasteiger partial charge in [0, 0.05) is 67.1 Å². The zero-order valence-corrected chi connectivity index (χ0v) is 39.9. The number of carbonyl (C=O) groups is 2. The molecule has 382 valence electrons. The summed E-state index contributed by atoms with van der Waals surface area (Å²) in [5.41, 5.74) is 1.38. The van der Waals surface area contributed by atoms with Crippen LogP contribution in [0.4, 0.5) is 25.0 Å². The number of aromatic nitrogens is 6. The van der Waals surface area contributed by atoms with Crippen molar-refractivity contribution in [2.24, 2.45) is 5.92 Å². The number of esters is 1. The highest BCUT2D eigenvalue weighted by atomic mass is 19.1. The van der Waals surface area contributed by atoms with Gasteiger partial charge >= 0.3 is 17.8 Å². The van der Waals surface area contributed by atoms with Gasteiger partial charge in [-0.1, -0.05) is 13.0 Å². The van der Waals surface area contributed by atoms with E-state index in [1.54, 1.807) is 20.2 Å². The van der Waals surface area contributed by atoms with Crippen LogP contribution in [-0.2, 0) is 35.9 Å². The van der Waals surface area contributed by atoms with Crippen LogP contribution >= 0.6 is 0 Å². The summed E-state index contributed by atoms with van der Waals surface area (Å²) in [6.07, 6.45) is -2.49. The lowest BCUT2D eigenvalue weighted by Crippen LogP contribution is -2.49. The number of halogens is 2. The summed E-state index contributed by atoms with van der Waals surface area (Å²) in [6, 6.07) is 18.6. The number of hydrogen-bond donors (Lipinski definition) is 5. The molecule has 3 saturated heterocycles. The molecule has 0 saturated carbocycles. The molecular formula is C48H61F2N10O11+. The van der Waals surface area contributed by atoms with E-state index >= 15 is 4.39 Å². The molecular weight excluding hydrogens is 931 g/mol. The molecule has 21 nitrogen and oxygen atoms in total. The van der Waals surface area contributed by atoms with Crippen LogP contribution in [0.2, 0.25) is 0 Å². The number of nitrogens with zero attached hydrogens (tertiary/aromatic N) is 8. The highest BCUT2D eigenvalue weighted by Gasteiger charge is 2.48. The smallest absolute Gasteiger partial charge is 0.412 e. The van der Waals surface area contributed by atoms with Gasteiger partial charge < -0.3 is 54.1 Å². The van der Waals surface area contributed by atoms with Crippen LogP contribution in [0.3, 0.4) is 0 Å². The third-order valence-corrected chi connectivity index (χ3v) is 13.2. The van der Waals surface area contributed by atoms with Crippen molar-refractivity contribution >= 4 is 23.4 Å². The van der Waals surface area contributed by atoms with Gasteiger partial charge in [-0.2, -0.15) is 9.67 Å². The van der Waals surface area contributed by atoms with Gasteiger partial charge in [-0.15, -0.1) is 4.68 Å². The van der Waals surface area contributed by atoms with E-state index < -0.39 is 78.8 Å². The van der Waals surface area contributed by atoms with Crippen LogP contribution in [0, 0.1) is 17.6 Å². The summed E-state index contributed by atoms with van der Waals surface area (Å²) in [4.78, 5) is 42.8. The van der Waals surface area contributed by atoms with Crippen LogP contribution in [0.25, 0.3) is 5.69 Å². The van der Waals surface area contributed by atoms with E-state index in [0.717, 1.165) is 43.6 Å². The second-order valence-electron chi connectivity index (χ2n) is 18.0. The van der Waals surface area contributed by atoms with E-state index in [-0.39, 0.29) is 43.5 Å². The molecule has 0 spiro atoms. The average Bonchev–Trinajstić information content (AvgIpc) is 4.16. The fourth-order valence-corrected chi connectivity index (χ4v) is 9.37. The van der Waals surface area contributed by atoms with Crippen molar-refractivity contribution in [1.82, 2.24) is 34.8 Å². The number of carbonyl (C=O) groups excluding carboxylic acids is 2. The summed E-state index contributed by atoms with van der Waals surface area (Å²) in [5.74, 6) is -1.75. The molecule has 2 unspecified atom stereocenters. The Hall–Kier alpha value is -6.50. The quantitative estimate of drug-likeness (QED) is 0.0588. The standard InChI is InChI=1S/C48H60F2N10O11/c1-5-40(30(2)62)60-47(66)59(28-53-60)36-9-7-34(8-10-36)55-16-18-56(19-17-55)35-11-13-37(14-12-35)67-24-32-21-48(68-25-32,38-15-6-33(49)20-39(38)50)26-58-29-57(27-52-58)31(3)69-46(65)54-45-44(71-42(63)22-51-4)43(64)41(23-61)70-45/h6-15,20,27-32,40-41,43-45,51,61-62,64H,5,16-19,21-26H2,1-4H3/p+1/t30-,31?,32+,40-,41+,43-,44+,45?,48-/m0/s1. The number of aliphatic hydroxyl groups is 3. The third kappa shape index (κ3) is 11.5. The molecule has 0 aliphatic carbocycles. The molecule has 1 amide bonds. The summed E-state index contributed by atoms with van der Waals surface area (Å²) < 4.78 is 64.5. The largest absolute Gasteiger partial charge is 0.493 e. The number of benzene rings is 3. The summed E-state index contributed by atoms with van der Waals surface area (Å²) >= 11 is 0. The molecule has 0 bridgehead atoms. The van der Waals surface area contributed by atoms with Gasteiger partial charge in [0.1, 0.15) is 48.1 Å². The first-order chi connectivity index (χ1) is 34.2. The van der Waals surface area contributed by atoms with Crippen LogP contribution in [0.15, 0.2) is 90.5 Å². The predicted octanol–water partition coefficient (Wildman–Crippen LogP) is 1.92. The Morgan fingerprint density at radius 2 is 1.66 bits per heavy atom. The molecule has 2 aromatic heterocycles. The zero-order valence-electron chi connectivity index (χ0n) is 39.9. The Morgan fingerprint density at radius 3 is 2.30 bits per heavy atom. The van der Waals surface area contributed by atoms with Crippen molar-refractivity contribution in [3.05, 3.63) is 113 Å². The van der Waals surface area contributed by atoms with Gasteiger partial charge in [0.05, 0.1) is 44.2 Å². The fourth-order valence-electron chi connectivity index (χ4n) is 9.37. The topological polar surface area (TPSA) is 233 Å². The maximum atomic E-state index is 15.6. The maximum Gasteiger partial charge on any atom is 0.412 e. The number of rotatable bonds is 19. The molecule has 5 N–H and O–H groups in total. The summed E-state index contributed by atoms with van der Waals surface area (Å²) in [5, 5.41) is 44.0. The second-order valence-corrected chi connectivity index (χ2v) is 18.0. The Labute approximate surface area is 408 Å². The van der Waals surface area contributed by atoms with Crippen molar-refractivity contribution in [2.75, 3.05) is 69.4 Å². The first kappa shape index (κ1) is 50.9. The minimum Gasteiger partial charge on any atom is -0.493 e. The normalized spacial score (nSPS) is 23.6. The van der Waals surface area contributed by atoms with E-state index in [1.807, 2.05) is 55.5 Å². The number of piperazine rings is 1. The number of aliphatic hydroxyl groups excluding tert-OH is 3. The van der Waals surface area contributed by atoms with Crippen molar-refractivity contribution in [2.45, 2.75) is 88.7 Å². The lowest BCUT2D eigenvalue weighted by atomic mass is 9.87. The number of anilines is 2. The SMILES string of the molecule is CC[C@@H]([C@H](C)O)n1ncn(-c2ccc(N3CCN(c4ccc(OC[C@@H]5CO[C@@](Cn6c[n+](C(C)OC(=O)NC7O[C@H](CO)[C@H](O)[C@H]7OC(=O)CNC)cn6)(c6ccc(F)cc6F)C5)cc4)CC3)cc2)c1=O. The molecule has 3 aliphatic heterocycles. The number of alkyl carbamates (subject to hydrolysis) is 1. The number of ether oxygens (including phenoxy) is 5. The minimum absolute atomic E-state index is 0.0140. The predicted molar refractivity (Wildman–Crippen MR) is 250 cm³/mol. The number of hydrogen-bond acceptors (Lipinski definition) is 16. The van der Waals surface area contributed by atoms with Crippen LogP contribution in [0.5, 0.6) is 5.75 Å². The van der Waals surface area contributed by atoms with Gasteiger partial charge in [0.25, 0.3) is 6.33 Å². The Morgan fingerprint density at radius 1 is 0.986 bits per heavy atom. The van der Waals surface area contributed by atoms with E-state index in [9.17, 15) is 34.1 Å². The number of nitrogens with one attached hydrogen (secondary N) is 2. The van der Waals surface area contributed by atoms with Crippen LogP contribution in [0.1, 0.15) is 51.4 Å². The van der Waals surface area contributed by atoms with Gasteiger partial charge in [-0.25, -0.2) is 27.6 Å². The lowest BCUT2D eigenvalue weighted by molar-refractivity contribution is -0.753. The third-order valence-electron chi connectivity index (χ3n) is 13.2. The molecule has 23 heteroatoms. The molecule has 3 fully saturated rings. The van der Waals surface area contributed by atoms with E-state index in [0.29, 0.717) is 24.3 Å². The zero-order chi connectivity index (χ0) is 50.4. The first-order valence-electron chi connectivity index (χ1n) is 23.6. The lowest BCUT2D eigenvalue weighted by Gasteiger charge is -2.37. The van der Waals surface area contributed by atoms with Crippen molar-refractivity contribution in [1.29, 1.82) is 0 Å². The summed E-state index contributed by atoms with van der Waals surface area (Å²) in [7, 11) is 1.53. The van der Waals surface area contributed by atoms with Crippen molar-refractivity contribution in [3.8, 4) is 11.4 Å². The maximum absolute atomic E-state index is 15.6. The molecule has 9 atom stereocenters. The van der Waals surface area contributed by atoms with E-state index in [2.05, 4.69) is 30.6 Å². The Bertz CT molecular complexity index is 2640. The molecule has 3 aliphatic rings. The molecule has 71 heavy (non-hydrogen) atoms. The molecule has 8 rings (SSSR count). The van der Waals surface area contributed by atoms with Gasteiger partial charge in [-0.05, 0) is 81.4 Å². The van der Waals surface area contributed by atoms with E-state index in [4.69, 9.17) is 23.7 Å². The Balaban J connectivity index is 0.842. The van der Waals surface area contributed by atoms with E-state index in [1.165, 1.54) is 50.3 Å². The van der Waals surface area contributed by atoms with Gasteiger partial charge in [0.2, 0.25) is 12.6 Å². The highest BCUT2D eigenvalue weighted by molar-refractivity contribution is 5.72. The summed E-state index contributed by atoms with van der Waals surface area (Å²) in [6.45, 7) is 8.02. The monoisotopic (exact) mass is 991 g/mol. The highest BCUT2D eigenvalue weighted by Crippen LogP contribution is 2.42. The molecule has 5 heterocycles. The van der Waals surface area contributed by atoms with Crippen molar-refractivity contribution < 1.29 is 61.9 Å². The fraction of sp³-hybridized carbons (Fsp3) is 0.500. The van der Waals surface area contributed by atoms with Crippen LogP contribution in [-0.4, -0.2) is 142 Å². The number of likely N-dealkylation sites (N-methyl/N-ethyl adjacent to an activating group) is 1.